The van der Waals surface area contributed by atoms with Gasteiger partial charge in [0.05, 0.1) is 0 Å². The Morgan fingerprint density at radius 1 is 1.05 bits per heavy atom. The van der Waals surface area contributed by atoms with Crippen molar-refractivity contribution in [2.24, 2.45) is 0 Å². The number of rotatable bonds is 4. The zero-order valence-electron chi connectivity index (χ0n) is 11.2. The molecule has 20 heavy (non-hydrogen) atoms. The van der Waals surface area contributed by atoms with Gasteiger partial charge in [-0.1, -0.05) is 35.9 Å². The average Bonchev–Trinajstić information content (AvgIpc) is 2.90. The lowest BCUT2D eigenvalue weighted by atomic mass is 10.1. The van der Waals surface area contributed by atoms with Crippen molar-refractivity contribution >= 4 is 22.3 Å². The zero-order valence-corrected chi connectivity index (χ0v) is 12.0. The summed E-state index contributed by atoms with van der Waals surface area (Å²) in [5.41, 5.74) is 2.60. The molecule has 0 aliphatic carbocycles. The number of hydrogen-bond acceptors (Lipinski definition) is 4. The minimum absolute atomic E-state index is 0.823. The van der Waals surface area contributed by atoms with Gasteiger partial charge in [0.1, 0.15) is 5.82 Å². The van der Waals surface area contributed by atoms with Crippen LogP contribution in [0.3, 0.4) is 0 Å². The summed E-state index contributed by atoms with van der Waals surface area (Å²) in [6, 6.07) is 14.4. The van der Waals surface area contributed by atoms with Gasteiger partial charge in [0.25, 0.3) is 0 Å². The van der Waals surface area contributed by atoms with Crippen LogP contribution in [0.4, 0.5) is 10.9 Å². The predicted octanol–water partition coefficient (Wildman–Crippen LogP) is 4.18. The number of thiazole rings is 1. The van der Waals surface area contributed by atoms with E-state index >= 15 is 0 Å². The highest BCUT2D eigenvalue weighted by molar-refractivity contribution is 7.15. The molecule has 1 N–H and O–H groups in total. The lowest BCUT2D eigenvalue weighted by Gasteiger charge is -2.00. The van der Waals surface area contributed by atoms with Crippen molar-refractivity contribution in [3.05, 3.63) is 70.9 Å². The molecule has 2 aromatic heterocycles. The fourth-order valence-electron chi connectivity index (χ4n) is 1.90. The van der Waals surface area contributed by atoms with Gasteiger partial charge >= 0.3 is 0 Å². The third kappa shape index (κ3) is 3.22. The van der Waals surface area contributed by atoms with E-state index in [4.69, 9.17) is 0 Å². The summed E-state index contributed by atoms with van der Waals surface area (Å²) in [6.07, 6.45) is 4.61. The van der Waals surface area contributed by atoms with Gasteiger partial charge in [0.2, 0.25) is 0 Å². The molecule has 0 radical (unpaired) electrons. The quantitative estimate of drug-likeness (QED) is 0.779. The van der Waals surface area contributed by atoms with Crippen LogP contribution in [0, 0.1) is 6.92 Å². The number of pyridine rings is 1. The predicted molar refractivity (Wildman–Crippen MR) is 83.6 cm³/mol. The van der Waals surface area contributed by atoms with Crippen molar-refractivity contribution in [1.82, 2.24) is 9.97 Å². The number of hydrogen-bond donors (Lipinski definition) is 1. The van der Waals surface area contributed by atoms with E-state index in [1.165, 1.54) is 16.0 Å². The molecule has 0 aliphatic rings. The van der Waals surface area contributed by atoms with Crippen LogP contribution in [0.1, 0.15) is 16.0 Å². The fourth-order valence-corrected chi connectivity index (χ4v) is 2.75. The number of benzene rings is 1. The van der Waals surface area contributed by atoms with Crippen molar-refractivity contribution < 1.29 is 0 Å². The first kappa shape index (κ1) is 12.8. The second-order valence-corrected chi connectivity index (χ2v) is 5.75. The highest BCUT2D eigenvalue weighted by Gasteiger charge is 2.04. The Hall–Kier alpha value is -2.20. The summed E-state index contributed by atoms with van der Waals surface area (Å²) in [7, 11) is 0. The monoisotopic (exact) mass is 281 g/mol. The van der Waals surface area contributed by atoms with Crippen molar-refractivity contribution in [1.29, 1.82) is 0 Å². The second kappa shape index (κ2) is 5.84. The standard InChI is InChI=1S/C16H15N3S/c1-12-5-7-13(8-6-12)10-14-11-18-16(20-14)19-15-4-2-3-9-17-15/h2-9,11H,10H2,1H3,(H,17,18,19). The summed E-state index contributed by atoms with van der Waals surface area (Å²) < 4.78 is 0. The molecule has 0 fully saturated rings. The molecule has 0 amide bonds. The Morgan fingerprint density at radius 3 is 2.65 bits per heavy atom. The molecule has 0 aliphatic heterocycles. The molecule has 100 valence electrons. The maximum Gasteiger partial charge on any atom is 0.188 e. The van der Waals surface area contributed by atoms with Crippen LogP contribution in [-0.2, 0) is 6.42 Å². The lowest BCUT2D eigenvalue weighted by molar-refractivity contribution is 1.21. The van der Waals surface area contributed by atoms with E-state index in [-0.39, 0.29) is 0 Å². The first-order valence-electron chi connectivity index (χ1n) is 6.48. The highest BCUT2D eigenvalue weighted by atomic mass is 32.1. The molecule has 4 heteroatoms. The molecule has 2 heterocycles. The van der Waals surface area contributed by atoms with E-state index in [0.29, 0.717) is 0 Å². The Kier molecular flexibility index (Phi) is 3.74. The summed E-state index contributed by atoms with van der Waals surface area (Å²) in [6.45, 7) is 2.10. The van der Waals surface area contributed by atoms with Gasteiger partial charge in [-0.25, -0.2) is 9.97 Å². The van der Waals surface area contributed by atoms with Gasteiger partial charge in [0.15, 0.2) is 5.13 Å². The van der Waals surface area contributed by atoms with Crippen molar-refractivity contribution in [3.8, 4) is 0 Å². The topological polar surface area (TPSA) is 37.8 Å². The first-order chi connectivity index (χ1) is 9.79. The van der Waals surface area contributed by atoms with Crippen molar-refractivity contribution in [2.45, 2.75) is 13.3 Å². The van der Waals surface area contributed by atoms with Crippen LogP contribution in [-0.4, -0.2) is 9.97 Å². The SMILES string of the molecule is Cc1ccc(Cc2cnc(Nc3ccccn3)s2)cc1. The molecular formula is C16H15N3S. The van der Waals surface area contributed by atoms with Gasteiger partial charge in [0, 0.05) is 23.7 Å². The van der Waals surface area contributed by atoms with E-state index in [2.05, 4.69) is 46.5 Å². The second-order valence-electron chi connectivity index (χ2n) is 4.63. The molecule has 0 saturated heterocycles. The third-order valence-electron chi connectivity index (χ3n) is 2.95. The molecule has 3 aromatic rings. The number of aryl methyl sites for hydroxylation is 1. The Morgan fingerprint density at radius 2 is 1.90 bits per heavy atom. The summed E-state index contributed by atoms with van der Waals surface area (Å²) in [4.78, 5) is 9.87. The molecule has 0 unspecified atom stereocenters. The number of aromatic nitrogens is 2. The van der Waals surface area contributed by atoms with Crippen molar-refractivity contribution in [3.63, 3.8) is 0 Å². The molecule has 0 saturated carbocycles. The molecule has 3 nitrogen and oxygen atoms in total. The van der Waals surface area contributed by atoms with Crippen LogP contribution in [0.25, 0.3) is 0 Å². The zero-order chi connectivity index (χ0) is 13.8. The number of anilines is 2. The van der Waals surface area contributed by atoms with Gasteiger partial charge in [-0.3, -0.25) is 0 Å². The minimum atomic E-state index is 0.823. The molecule has 0 bridgehead atoms. The van der Waals surface area contributed by atoms with Crippen LogP contribution in [0.15, 0.2) is 54.9 Å². The number of nitrogens with zero attached hydrogens (tertiary/aromatic N) is 2. The number of nitrogens with one attached hydrogen (secondary N) is 1. The van der Waals surface area contributed by atoms with E-state index in [1.54, 1.807) is 17.5 Å². The van der Waals surface area contributed by atoms with Crippen LogP contribution >= 0.6 is 11.3 Å². The highest BCUT2D eigenvalue weighted by Crippen LogP contribution is 2.23. The maximum absolute atomic E-state index is 4.39. The molecule has 0 atom stereocenters. The van der Waals surface area contributed by atoms with E-state index in [9.17, 15) is 0 Å². The van der Waals surface area contributed by atoms with Crippen molar-refractivity contribution in [2.75, 3.05) is 5.32 Å². The molecule has 3 rings (SSSR count). The van der Waals surface area contributed by atoms with E-state index in [1.807, 2.05) is 24.4 Å². The van der Waals surface area contributed by atoms with E-state index in [0.717, 1.165) is 17.4 Å². The largest absolute Gasteiger partial charge is 0.316 e. The van der Waals surface area contributed by atoms with Crippen LogP contribution in [0.5, 0.6) is 0 Å². The summed E-state index contributed by atoms with van der Waals surface area (Å²) >= 11 is 1.66. The minimum Gasteiger partial charge on any atom is -0.316 e. The van der Waals surface area contributed by atoms with Gasteiger partial charge in [-0.2, -0.15) is 0 Å². The molecule has 1 aromatic carbocycles. The lowest BCUT2D eigenvalue weighted by Crippen LogP contribution is -1.90. The Balaban J connectivity index is 1.69. The average molecular weight is 281 g/mol. The Labute approximate surface area is 122 Å². The summed E-state index contributed by atoms with van der Waals surface area (Å²) in [5.74, 6) is 0.823. The molecular weight excluding hydrogens is 266 g/mol. The van der Waals surface area contributed by atoms with Crippen LogP contribution < -0.4 is 5.32 Å². The van der Waals surface area contributed by atoms with Gasteiger partial charge in [-0.15, -0.1) is 11.3 Å². The third-order valence-corrected chi connectivity index (χ3v) is 3.87. The molecule has 0 spiro atoms. The fraction of sp³-hybridized carbons (Fsp3) is 0.125. The van der Waals surface area contributed by atoms with Crippen LogP contribution in [0.2, 0.25) is 0 Å². The normalized spacial score (nSPS) is 10.4. The van der Waals surface area contributed by atoms with E-state index < -0.39 is 0 Å². The maximum atomic E-state index is 4.39. The summed E-state index contributed by atoms with van der Waals surface area (Å²) in [5, 5.41) is 4.10. The van der Waals surface area contributed by atoms with Gasteiger partial charge in [-0.05, 0) is 24.6 Å². The first-order valence-corrected chi connectivity index (χ1v) is 7.29. The Bertz CT molecular complexity index is 674. The smallest absolute Gasteiger partial charge is 0.188 e. The van der Waals surface area contributed by atoms with Gasteiger partial charge < -0.3 is 5.32 Å².